The van der Waals surface area contributed by atoms with Crippen LogP contribution in [0.25, 0.3) is 0 Å². The summed E-state index contributed by atoms with van der Waals surface area (Å²) in [7, 11) is -2.41. The Labute approximate surface area is 201 Å². The molecule has 0 heterocycles. The highest BCUT2D eigenvalue weighted by molar-refractivity contribution is 7.89. The Morgan fingerprint density at radius 1 is 0.971 bits per heavy atom. The zero-order valence-electron chi connectivity index (χ0n) is 19.7. The first kappa shape index (κ1) is 25.3. The third-order valence-corrected chi connectivity index (χ3v) is 7.12. The van der Waals surface area contributed by atoms with Gasteiger partial charge in [0.25, 0.3) is 0 Å². The van der Waals surface area contributed by atoms with Crippen molar-refractivity contribution in [3.63, 3.8) is 0 Å². The second-order valence-corrected chi connectivity index (χ2v) is 9.62. The summed E-state index contributed by atoms with van der Waals surface area (Å²) >= 11 is 0. The number of methoxy groups -OCH3 is 1. The minimum Gasteiger partial charge on any atom is -0.496 e. The van der Waals surface area contributed by atoms with Crippen molar-refractivity contribution in [3.8, 4) is 11.5 Å². The number of amides is 1. The molecule has 0 fully saturated rings. The summed E-state index contributed by atoms with van der Waals surface area (Å²) in [5.41, 5.74) is 2.17. The van der Waals surface area contributed by atoms with Crippen LogP contribution in [0.15, 0.2) is 77.7 Å². The van der Waals surface area contributed by atoms with Gasteiger partial charge in [0.2, 0.25) is 15.9 Å². The molecule has 0 aliphatic carbocycles. The van der Waals surface area contributed by atoms with E-state index in [0.29, 0.717) is 35.8 Å². The number of sulfonamides is 1. The predicted molar refractivity (Wildman–Crippen MR) is 133 cm³/mol. The van der Waals surface area contributed by atoms with Crippen LogP contribution in [0.1, 0.15) is 18.1 Å². The number of nitrogens with zero attached hydrogens (tertiary/aromatic N) is 1. The summed E-state index contributed by atoms with van der Waals surface area (Å²) < 4.78 is 39.1. The van der Waals surface area contributed by atoms with Crippen molar-refractivity contribution in [2.24, 2.45) is 0 Å². The van der Waals surface area contributed by atoms with Crippen LogP contribution in [0, 0.1) is 6.92 Å². The van der Waals surface area contributed by atoms with Gasteiger partial charge in [-0.25, -0.2) is 8.42 Å². The van der Waals surface area contributed by atoms with E-state index < -0.39 is 15.9 Å². The molecule has 3 aromatic rings. The minimum absolute atomic E-state index is 0.112. The third-order valence-electron chi connectivity index (χ3n) is 5.28. The number of carbonyl (C=O) groups is 1. The predicted octanol–water partition coefficient (Wildman–Crippen LogP) is 4.27. The van der Waals surface area contributed by atoms with Gasteiger partial charge in [-0.2, -0.15) is 4.31 Å². The average molecular weight is 483 g/mol. The van der Waals surface area contributed by atoms with Gasteiger partial charge in [0, 0.05) is 6.54 Å². The van der Waals surface area contributed by atoms with Gasteiger partial charge in [0.1, 0.15) is 11.5 Å². The molecule has 8 heteroatoms. The van der Waals surface area contributed by atoms with Crippen LogP contribution < -0.4 is 14.8 Å². The molecule has 0 radical (unpaired) electrons. The van der Waals surface area contributed by atoms with E-state index in [1.807, 2.05) is 43.3 Å². The lowest BCUT2D eigenvalue weighted by Crippen LogP contribution is -2.39. The fraction of sp³-hybridized carbons (Fsp3) is 0.269. The van der Waals surface area contributed by atoms with Crippen LogP contribution in [0.2, 0.25) is 0 Å². The van der Waals surface area contributed by atoms with Gasteiger partial charge in [-0.05, 0) is 61.7 Å². The molecule has 0 atom stereocenters. The van der Waals surface area contributed by atoms with Crippen molar-refractivity contribution in [1.29, 1.82) is 0 Å². The SMILES string of the molecule is CCOc1ccccc1NC(=O)CN(CCc1ccccc1)S(=O)(=O)c1ccc(OC)c(C)c1. The maximum absolute atomic E-state index is 13.5. The molecular formula is C26H30N2O5S. The lowest BCUT2D eigenvalue weighted by molar-refractivity contribution is -0.116. The first-order valence-corrected chi connectivity index (χ1v) is 12.5. The number of anilines is 1. The Balaban J connectivity index is 1.85. The standard InChI is InChI=1S/C26H30N2O5S/c1-4-33-25-13-9-8-12-23(25)27-26(29)19-28(17-16-21-10-6-5-7-11-21)34(30,31)22-14-15-24(32-3)20(2)18-22/h5-15,18H,4,16-17,19H2,1-3H3,(H,27,29). The second-order valence-electron chi connectivity index (χ2n) is 7.68. The highest BCUT2D eigenvalue weighted by Crippen LogP contribution is 2.26. The topological polar surface area (TPSA) is 84.9 Å². The Morgan fingerprint density at radius 2 is 1.68 bits per heavy atom. The molecule has 0 spiro atoms. The van der Waals surface area contributed by atoms with Gasteiger partial charge in [-0.15, -0.1) is 0 Å². The molecule has 1 amide bonds. The molecule has 0 aliphatic heterocycles. The van der Waals surface area contributed by atoms with Gasteiger partial charge in [0.05, 0.1) is 30.8 Å². The highest BCUT2D eigenvalue weighted by atomic mass is 32.2. The number of aryl methyl sites for hydroxylation is 1. The maximum atomic E-state index is 13.5. The fourth-order valence-corrected chi connectivity index (χ4v) is 5.03. The average Bonchev–Trinajstić information content (AvgIpc) is 2.83. The molecule has 0 saturated heterocycles. The van der Waals surface area contributed by atoms with Crippen molar-refractivity contribution in [2.75, 3.05) is 32.1 Å². The normalized spacial score (nSPS) is 11.3. The van der Waals surface area contributed by atoms with Crippen molar-refractivity contribution in [3.05, 3.63) is 83.9 Å². The number of benzene rings is 3. The van der Waals surface area contributed by atoms with Gasteiger partial charge in [-0.3, -0.25) is 4.79 Å². The summed E-state index contributed by atoms with van der Waals surface area (Å²) in [4.78, 5) is 13.1. The number of hydrogen-bond donors (Lipinski definition) is 1. The Morgan fingerprint density at radius 3 is 2.35 bits per heavy atom. The summed E-state index contributed by atoms with van der Waals surface area (Å²) in [6.45, 7) is 3.90. The van der Waals surface area contributed by atoms with Crippen LogP contribution in [0.5, 0.6) is 11.5 Å². The number of hydrogen-bond acceptors (Lipinski definition) is 5. The first-order chi connectivity index (χ1) is 16.3. The number of carbonyl (C=O) groups excluding carboxylic acids is 1. The van der Waals surface area contributed by atoms with Crippen molar-refractivity contribution in [2.45, 2.75) is 25.2 Å². The molecule has 0 saturated carbocycles. The molecule has 3 rings (SSSR count). The molecule has 0 aliphatic rings. The second kappa shape index (κ2) is 11.7. The third kappa shape index (κ3) is 6.36. The van der Waals surface area contributed by atoms with Crippen LogP contribution >= 0.6 is 0 Å². The van der Waals surface area contributed by atoms with Crippen molar-refractivity contribution >= 4 is 21.6 Å². The summed E-state index contributed by atoms with van der Waals surface area (Å²) in [5.74, 6) is 0.678. The smallest absolute Gasteiger partial charge is 0.243 e. The maximum Gasteiger partial charge on any atom is 0.243 e. The lowest BCUT2D eigenvalue weighted by atomic mass is 10.1. The highest BCUT2D eigenvalue weighted by Gasteiger charge is 2.27. The van der Waals surface area contributed by atoms with Gasteiger partial charge >= 0.3 is 0 Å². The summed E-state index contributed by atoms with van der Waals surface area (Å²) in [6, 6.07) is 21.3. The van der Waals surface area contributed by atoms with Crippen molar-refractivity contribution < 1.29 is 22.7 Å². The van der Waals surface area contributed by atoms with E-state index in [9.17, 15) is 13.2 Å². The van der Waals surface area contributed by atoms with Gasteiger partial charge < -0.3 is 14.8 Å². The molecule has 1 N–H and O–H groups in total. The van der Waals surface area contributed by atoms with E-state index >= 15 is 0 Å². The molecule has 34 heavy (non-hydrogen) atoms. The van der Waals surface area contributed by atoms with E-state index in [2.05, 4.69) is 5.32 Å². The van der Waals surface area contributed by atoms with Gasteiger partial charge in [-0.1, -0.05) is 42.5 Å². The quantitative estimate of drug-likeness (QED) is 0.441. The van der Waals surface area contributed by atoms with E-state index in [-0.39, 0.29) is 18.0 Å². The zero-order chi connectivity index (χ0) is 24.6. The van der Waals surface area contributed by atoms with Crippen LogP contribution in [-0.2, 0) is 21.2 Å². The monoisotopic (exact) mass is 482 g/mol. The number of para-hydroxylation sites is 2. The van der Waals surface area contributed by atoms with E-state index in [0.717, 1.165) is 5.56 Å². The van der Waals surface area contributed by atoms with Crippen LogP contribution in [0.3, 0.4) is 0 Å². The molecular weight excluding hydrogens is 452 g/mol. The largest absolute Gasteiger partial charge is 0.496 e. The molecule has 0 bridgehead atoms. The van der Waals surface area contributed by atoms with Gasteiger partial charge in [0.15, 0.2) is 0 Å². The van der Waals surface area contributed by atoms with Crippen LogP contribution in [0.4, 0.5) is 5.69 Å². The number of rotatable bonds is 11. The Kier molecular flexibility index (Phi) is 8.67. The minimum atomic E-state index is -3.94. The Bertz CT molecular complexity index is 1210. The number of ether oxygens (including phenoxy) is 2. The fourth-order valence-electron chi connectivity index (χ4n) is 3.54. The van der Waals surface area contributed by atoms with Crippen LogP contribution in [-0.4, -0.2) is 45.4 Å². The number of nitrogens with one attached hydrogen (secondary N) is 1. The molecule has 3 aromatic carbocycles. The van der Waals surface area contributed by atoms with E-state index in [1.165, 1.54) is 17.5 Å². The Hall–Kier alpha value is -3.36. The molecule has 180 valence electrons. The molecule has 0 unspecified atom stereocenters. The zero-order valence-corrected chi connectivity index (χ0v) is 20.5. The molecule has 7 nitrogen and oxygen atoms in total. The van der Waals surface area contributed by atoms with E-state index in [4.69, 9.17) is 9.47 Å². The summed E-state index contributed by atoms with van der Waals surface area (Å²) in [5, 5.41) is 2.79. The summed E-state index contributed by atoms with van der Waals surface area (Å²) in [6.07, 6.45) is 0.470. The van der Waals surface area contributed by atoms with Crippen molar-refractivity contribution in [1.82, 2.24) is 4.31 Å². The molecule has 0 aromatic heterocycles. The lowest BCUT2D eigenvalue weighted by Gasteiger charge is -2.23. The van der Waals surface area contributed by atoms with E-state index in [1.54, 1.807) is 37.3 Å². The first-order valence-electron chi connectivity index (χ1n) is 11.1.